The summed E-state index contributed by atoms with van der Waals surface area (Å²) in [4.78, 5) is 0. The van der Waals surface area contributed by atoms with E-state index in [1.165, 1.54) is 0 Å². The van der Waals surface area contributed by atoms with Crippen LogP contribution in [0.15, 0.2) is 24.3 Å². The molecule has 0 spiro atoms. The van der Waals surface area contributed by atoms with Gasteiger partial charge >= 0.3 is 0 Å². The molecule has 3 rings (SSSR count). The van der Waals surface area contributed by atoms with Crippen LogP contribution in [-0.2, 0) is 9.47 Å². The fourth-order valence-electron chi connectivity index (χ4n) is 3.40. The first-order valence-electron chi connectivity index (χ1n) is 7.24. The molecular formula is C16H21BrO3. The molecule has 0 amide bonds. The number of hydrogen-bond donors (Lipinski definition) is 0. The van der Waals surface area contributed by atoms with Gasteiger partial charge in [0.1, 0.15) is 5.75 Å². The third-order valence-corrected chi connectivity index (χ3v) is 5.03. The number of benzene rings is 1. The fourth-order valence-corrected chi connectivity index (χ4v) is 3.91. The maximum Gasteiger partial charge on any atom is 0.124 e. The van der Waals surface area contributed by atoms with E-state index in [9.17, 15) is 0 Å². The van der Waals surface area contributed by atoms with E-state index in [0.717, 1.165) is 42.7 Å². The summed E-state index contributed by atoms with van der Waals surface area (Å²) in [6.07, 6.45) is 2.66. The van der Waals surface area contributed by atoms with Crippen molar-refractivity contribution in [1.82, 2.24) is 0 Å². The number of ether oxygens (including phenoxy) is 3. The van der Waals surface area contributed by atoms with Crippen molar-refractivity contribution in [2.24, 2.45) is 11.8 Å². The van der Waals surface area contributed by atoms with Gasteiger partial charge in [0, 0.05) is 24.1 Å². The molecule has 1 saturated carbocycles. The lowest BCUT2D eigenvalue weighted by molar-refractivity contribution is -0.00681. The Hall–Kier alpha value is -0.580. The summed E-state index contributed by atoms with van der Waals surface area (Å²) in [5, 5.41) is 0.787. The molecule has 1 unspecified atom stereocenters. The van der Waals surface area contributed by atoms with Gasteiger partial charge in [-0.2, -0.15) is 0 Å². The maximum absolute atomic E-state index is 6.34. The van der Waals surface area contributed by atoms with Crippen molar-refractivity contribution in [3.05, 3.63) is 29.8 Å². The molecule has 20 heavy (non-hydrogen) atoms. The number of methoxy groups -OCH3 is 1. The van der Waals surface area contributed by atoms with Crippen LogP contribution in [0.5, 0.6) is 5.75 Å². The molecule has 110 valence electrons. The highest BCUT2D eigenvalue weighted by molar-refractivity contribution is 9.09. The molecule has 0 N–H and O–H groups in total. The minimum absolute atomic E-state index is 0.0518. The molecule has 2 fully saturated rings. The zero-order valence-corrected chi connectivity index (χ0v) is 13.3. The number of hydrogen-bond acceptors (Lipinski definition) is 3. The van der Waals surface area contributed by atoms with Crippen molar-refractivity contribution in [1.29, 1.82) is 0 Å². The molecule has 0 aromatic heterocycles. The average Bonchev–Trinajstić information content (AvgIpc) is 3.05. The lowest BCUT2D eigenvalue weighted by atomic mass is 10.0. The summed E-state index contributed by atoms with van der Waals surface area (Å²) >= 11 is 3.58. The van der Waals surface area contributed by atoms with Crippen molar-refractivity contribution in [2.45, 2.75) is 25.0 Å². The molecule has 1 aliphatic heterocycles. The van der Waals surface area contributed by atoms with Crippen LogP contribution in [-0.4, -0.2) is 31.8 Å². The molecule has 1 aliphatic carbocycles. The molecule has 4 atom stereocenters. The van der Waals surface area contributed by atoms with Gasteiger partial charge in [0.2, 0.25) is 0 Å². The Kier molecular flexibility index (Phi) is 4.64. The molecule has 0 radical (unpaired) electrons. The Labute approximate surface area is 128 Å². The topological polar surface area (TPSA) is 27.7 Å². The van der Waals surface area contributed by atoms with Crippen LogP contribution in [0.1, 0.15) is 24.5 Å². The van der Waals surface area contributed by atoms with E-state index in [1.807, 2.05) is 18.2 Å². The van der Waals surface area contributed by atoms with E-state index in [-0.39, 0.29) is 6.10 Å². The SMILES string of the molecule is COc1ccccc1[C@H](CBr)OC1C[C@H]2COC[C@H]2C1. The van der Waals surface area contributed by atoms with E-state index >= 15 is 0 Å². The van der Waals surface area contributed by atoms with Crippen LogP contribution in [0.25, 0.3) is 0 Å². The third kappa shape index (κ3) is 2.87. The summed E-state index contributed by atoms with van der Waals surface area (Å²) in [7, 11) is 1.71. The first-order valence-corrected chi connectivity index (χ1v) is 8.36. The molecule has 1 saturated heterocycles. The summed E-state index contributed by atoms with van der Waals surface area (Å²) in [5.74, 6) is 2.31. The van der Waals surface area contributed by atoms with Gasteiger partial charge in [-0.3, -0.25) is 0 Å². The van der Waals surface area contributed by atoms with Gasteiger partial charge in [-0.25, -0.2) is 0 Å². The highest BCUT2D eigenvalue weighted by atomic mass is 79.9. The van der Waals surface area contributed by atoms with Crippen LogP contribution >= 0.6 is 15.9 Å². The number of rotatable bonds is 5. The summed E-state index contributed by atoms with van der Waals surface area (Å²) < 4.78 is 17.3. The molecule has 2 aliphatic rings. The van der Waals surface area contributed by atoms with Crippen molar-refractivity contribution in [3.8, 4) is 5.75 Å². The van der Waals surface area contributed by atoms with Crippen molar-refractivity contribution in [2.75, 3.05) is 25.7 Å². The minimum atomic E-state index is 0.0518. The van der Waals surface area contributed by atoms with E-state index in [4.69, 9.17) is 14.2 Å². The van der Waals surface area contributed by atoms with Gasteiger partial charge in [0.05, 0.1) is 19.3 Å². The Bertz CT molecular complexity index is 439. The molecule has 4 heteroatoms. The average molecular weight is 341 g/mol. The zero-order chi connectivity index (χ0) is 13.9. The van der Waals surface area contributed by atoms with Gasteiger partial charge in [-0.15, -0.1) is 0 Å². The lowest BCUT2D eigenvalue weighted by Crippen LogP contribution is -2.17. The first-order chi connectivity index (χ1) is 9.81. The third-order valence-electron chi connectivity index (χ3n) is 4.44. The van der Waals surface area contributed by atoms with Crippen LogP contribution in [0, 0.1) is 11.8 Å². The molecular weight excluding hydrogens is 320 g/mol. The molecule has 3 nitrogen and oxygen atoms in total. The van der Waals surface area contributed by atoms with Crippen molar-refractivity contribution >= 4 is 15.9 Å². The number of para-hydroxylation sites is 1. The second-order valence-corrected chi connectivity index (χ2v) is 6.32. The molecule has 1 aromatic rings. The van der Waals surface area contributed by atoms with E-state index in [0.29, 0.717) is 17.9 Å². The number of halogens is 1. The van der Waals surface area contributed by atoms with E-state index in [2.05, 4.69) is 22.0 Å². The fraction of sp³-hybridized carbons (Fsp3) is 0.625. The molecule has 1 aromatic carbocycles. The Morgan fingerprint density at radius 3 is 2.60 bits per heavy atom. The van der Waals surface area contributed by atoms with Gasteiger partial charge in [0.25, 0.3) is 0 Å². The van der Waals surface area contributed by atoms with Gasteiger partial charge in [-0.05, 0) is 30.7 Å². The van der Waals surface area contributed by atoms with Crippen LogP contribution in [0.3, 0.4) is 0 Å². The zero-order valence-electron chi connectivity index (χ0n) is 11.8. The summed E-state index contributed by atoms with van der Waals surface area (Å²) in [6, 6.07) is 8.11. The normalized spacial score (nSPS) is 30.2. The Morgan fingerprint density at radius 2 is 1.95 bits per heavy atom. The summed E-state index contributed by atoms with van der Waals surface area (Å²) in [5.41, 5.74) is 1.13. The van der Waals surface area contributed by atoms with E-state index in [1.54, 1.807) is 7.11 Å². The predicted molar refractivity (Wildman–Crippen MR) is 81.4 cm³/mol. The Balaban J connectivity index is 1.68. The highest BCUT2D eigenvalue weighted by Gasteiger charge is 2.39. The van der Waals surface area contributed by atoms with E-state index < -0.39 is 0 Å². The highest BCUT2D eigenvalue weighted by Crippen LogP contribution is 2.41. The monoisotopic (exact) mass is 340 g/mol. The molecule has 1 heterocycles. The van der Waals surface area contributed by atoms with Crippen LogP contribution in [0.2, 0.25) is 0 Å². The summed E-state index contributed by atoms with van der Waals surface area (Å²) in [6.45, 7) is 1.83. The van der Waals surface area contributed by atoms with Crippen molar-refractivity contribution in [3.63, 3.8) is 0 Å². The standard InChI is InChI=1S/C16H21BrO3/c1-18-15-5-3-2-4-14(15)16(8-17)20-13-6-11-9-19-10-12(11)7-13/h2-5,11-13,16H,6-10H2,1H3/t11-,12+,13?,16-/m0/s1. The Morgan fingerprint density at radius 1 is 1.25 bits per heavy atom. The largest absolute Gasteiger partial charge is 0.496 e. The van der Waals surface area contributed by atoms with Crippen LogP contribution in [0.4, 0.5) is 0 Å². The lowest BCUT2D eigenvalue weighted by Gasteiger charge is -2.23. The quantitative estimate of drug-likeness (QED) is 0.767. The minimum Gasteiger partial charge on any atom is -0.496 e. The first kappa shape index (κ1) is 14.4. The second-order valence-electron chi connectivity index (χ2n) is 5.67. The smallest absolute Gasteiger partial charge is 0.124 e. The second kappa shape index (κ2) is 6.46. The van der Waals surface area contributed by atoms with Gasteiger partial charge in [0.15, 0.2) is 0 Å². The number of fused-ring (bicyclic) bond motifs is 1. The van der Waals surface area contributed by atoms with Crippen LogP contribution < -0.4 is 4.74 Å². The predicted octanol–water partition coefficient (Wildman–Crippen LogP) is 3.57. The number of alkyl halides is 1. The molecule has 0 bridgehead atoms. The maximum atomic E-state index is 6.34. The van der Waals surface area contributed by atoms with Gasteiger partial charge < -0.3 is 14.2 Å². The van der Waals surface area contributed by atoms with Crippen molar-refractivity contribution < 1.29 is 14.2 Å². The van der Waals surface area contributed by atoms with Gasteiger partial charge in [-0.1, -0.05) is 34.1 Å².